The van der Waals surface area contributed by atoms with Gasteiger partial charge in [0.2, 0.25) is 10.0 Å². The zero-order valence-electron chi connectivity index (χ0n) is 19.6. The zero-order chi connectivity index (χ0) is 24.1. The molecule has 0 fully saturated rings. The summed E-state index contributed by atoms with van der Waals surface area (Å²) >= 11 is 0. The van der Waals surface area contributed by atoms with Crippen LogP contribution in [0.15, 0.2) is 71.6 Å². The Bertz CT molecular complexity index is 1250. The summed E-state index contributed by atoms with van der Waals surface area (Å²) in [5.41, 5.74) is 4.44. The van der Waals surface area contributed by atoms with Crippen LogP contribution >= 0.6 is 0 Å². The van der Waals surface area contributed by atoms with Crippen LogP contribution < -0.4 is 10.1 Å². The number of hydrogen-bond donors (Lipinski definition) is 1. The summed E-state index contributed by atoms with van der Waals surface area (Å²) in [7, 11) is -3.69. The summed E-state index contributed by atoms with van der Waals surface area (Å²) in [4.78, 5) is 13.0. The number of rotatable bonds is 7. The van der Waals surface area contributed by atoms with Crippen molar-refractivity contribution in [3.8, 4) is 5.75 Å². The van der Waals surface area contributed by atoms with E-state index in [2.05, 4.69) is 12.2 Å². The van der Waals surface area contributed by atoms with Crippen molar-refractivity contribution in [3.63, 3.8) is 0 Å². The van der Waals surface area contributed by atoms with E-state index in [4.69, 9.17) is 4.74 Å². The van der Waals surface area contributed by atoms with Crippen molar-refractivity contribution in [2.45, 2.75) is 44.7 Å². The monoisotopic (exact) mass is 478 g/mol. The van der Waals surface area contributed by atoms with Gasteiger partial charge in [0, 0.05) is 30.8 Å². The smallest absolute Gasteiger partial charge is 0.251 e. The van der Waals surface area contributed by atoms with E-state index in [0.717, 1.165) is 29.5 Å². The van der Waals surface area contributed by atoms with Crippen LogP contribution in [-0.2, 0) is 29.5 Å². The molecule has 0 aromatic heterocycles. The second-order valence-electron chi connectivity index (χ2n) is 8.57. The van der Waals surface area contributed by atoms with Gasteiger partial charge < -0.3 is 10.1 Å². The van der Waals surface area contributed by atoms with E-state index in [1.54, 1.807) is 30.3 Å². The van der Waals surface area contributed by atoms with Crippen molar-refractivity contribution in [2.75, 3.05) is 13.2 Å². The molecule has 178 valence electrons. The molecule has 1 amide bonds. The molecular weight excluding hydrogens is 448 g/mol. The van der Waals surface area contributed by atoms with E-state index in [1.165, 1.54) is 4.31 Å². The van der Waals surface area contributed by atoms with Gasteiger partial charge in [0.15, 0.2) is 0 Å². The largest absolute Gasteiger partial charge is 0.492 e. The van der Waals surface area contributed by atoms with Crippen molar-refractivity contribution < 1.29 is 17.9 Å². The summed E-state index contributed by atoms with van der Waals surface area (Å²) in [5, 5.41) is 2.93. The molecule has 7 heteroatoms. The van der Waals surface area contributed by atoms with Crippen LogP contribution in [0.25, 0.3) is 0 Å². The van der Waals surface area contributed by atoms with Gasteiger partial charge in [-0.2, -0.15) is 4.31 Å². The molecule has 3 aromatic carbocycles. The molecular formula is C27H30N2O4S. The van der Waals surface area contributed by atoms with Gasteiger partial charge in [-0.25, -0.2) is 8.42 Å². The summed E-state index contributed by atoms with van der Waals surface area (Å²) in [6.45, 7) is 5.16. The number of carbonyl (C=O) groups is 1. The van der Waals surface area contributed by atoms with Crippen molar-refractivity contribution >= 4 is 15.9 Å². The molecule has 0 spiro atoms. The maximum Gasteiger partial charge on any atom is 0.251 e. The Labute approximate surface area is 201 Å². The predicted octanol–water partition coefficient (Wildman–Crippen LogP) is 4.46. The average Bonchev–Trinajstić information content (AvgIpc) is 3.06. The maximum atomic E-state index is 13.3. The van der Waals surface area contributed by atoms with Crippen molar-refractivity contribution in [1.29, 1.82) is 0 Å². The highest BCUT2D eigenvalue weighted by molar-refractivity contribution is 7.89. The average molecular weight is 479 g/mol. The van der Waals surface area contributed by atoms with Gasteiger partial charge in [-0.3, -0.25) is 4.79 Å². The number of aryl methyl sites for hydroxylation is 2. The van der Waals surface area contributed by atoms with E-state index in [-0.39, 0.29) is 30.5 Å². The van der Waals surface area contributed by atoms with Gasteiger partial charge in [0.1, 0.15) is 12.4 Å². The van der Waals surface area contributed by atoms with E-state index >= 15 is 0 Å². The molecule has 1 N–H and O–H groups in total. The molecule has 4 rings (SSSR count). The standard InChI is InChI=1S/C27H30N2O4S/c1-3-4-21-9-12-25(13-10-21)34(31,32)29-15-16-33-26-14-11-23(17-24(26)19-29)27(30)28-18-22-7-5-20(2)6-8-22/h5-14,17H,3-4,15-16,18-19H2,1-2H3,(H,28,30). The Balaban J connectivity index is 1.50. The number of nitrogens with zero attached hydrogens (tertiary/aromatic N) is 1. The summed E-state index contributed by atoms with van der Waals surface area (Å²) in [5.74, 6) is 0.389. The molecule has 3 aromatic rings. The summed E-state index contributed by atoms with van der Waals surface area (Å²) in [6.07, 6.45) is 1.92. The minimum absolute atomic E-state index is 0.146. The molecule has 0 bridgehead atoms. The van der Waals surface area contributed by atoms with Gasteiger partial charge in [0.25, 0.3) is 5.91 Å². The van der Waals surface area contributed by atoms with E-state index in [0.29, 0.717) is 23.4 Å². The lowest BCUT2D eigenvalue weighted by molar-refractivity contribution is 0.0950. The highest BCUT2D eigenvalue weighted by Gasteiger charge is 2.28. The molecule has 34 heavy (non-hydrogen) atoms. The topological polar surface area (TPSA) is 75.7 Å². The molecule has 0 unspecified atom stereocenters. The fraction of sp³-hybridized carbons (Fsp3) is 0.296. The van der Waals surface area contributed by atoms with Crippen LogP contribution in [0.5, 0.6) is 5.75 Å². The quantitative estimate of drug-likeness (QED) is 0.544. The van der Waals surface area contributed by atoms with Gasteiger partial charge >= 0.3 is 0 Å². The molecule has 1 heterocycles. The third-order valence-corrected chi connectivity index (χ3v) is 7.80. The highest BCUT2D eigenvalue weighted by atomic mass is 32.2. The minimum Gasteiger partial charge on any atom is -0.492 e. The minimum atomic E-state index is -3.69. The number of fused-ring (bicyclic) bond motifs is 1. The molecule has 0 radical (unpaired) electrons. The van der Waals surface area contributed by atoms with Gasteiger partial charge in [0.05, 0.1) is 4.90 Å². The van der Waals surface area contributed by atoms with Gasteiger partial charge in [-0.05, 0) is 54.8 Å². The lowest BCUT2D eigenvalue weighted by Gasteiger charge is -2.20. The Morgan fingerprint density at radius 2 is 1.71 bits per heavy atom. The lowest BCUT2D eigenvalue weighted by atomic mass is 10.1. The van der Waals surface area contributed by atoms with Crippen LogP contribution in [0.3, 0.4) is 0 Å². The van der Waals surface area contributed by atoms with Crippen molar-refractivity contribution in [2.24, 2.45) is 0 Å². The number of sulfonamides is 1. The van der Waals surface area contributed by atoms with Crippen molar-refractivity contribution in [3.05, 3.63) is 94.5 Å². The Morgan fingerprint density at radius 1 is 1.00 bits per heavy atom. The second kappa shape index (κ2) is 10.4. The predicted molar refractivity (Wildman–Crippen MR) is 132 cm³/mol. The highest BCUT2D eigenvalue weighted by Crippen LogP contribution is 2.28. The van der Waals surface area contributed by atoms with E-state index in [9.17, 15) is 13.2 Å². The number of benzene rings is 3. The fourth-order valence-corrected chi connectivity index (χ4v) is 5.37. The molecule has 0 saturated heterocycles. The van der Waals surface area contributed by atoms with Crippen LogP contribution in [0, 0.1) is 6.92 Å². The zero-order valence-corrected chi connectivity index (χ0v) is 20.4. The second-order valence-corrected chi connectivity index (χ2v) is 10.5. The van der Waals surface area contributed by atoms with Crippen LogP contribution in [0.2, 0.25) is 0 Å². The van der Waals surface area contributed by atoms with Gasteiger partial charge in [-0.1, -0.05) is 55.3 Å². The molecule has 0 atom stereocenters. The normalized spacial score (nSPS) is 14.1. The third kappa shape index (κ3) is 5.48. The number of carbonyl (C=O) groups excluding carboxylic acids is 1. The Kier molecular flexibility index (Phi) is 7.34. The lowest BCUT2D eigenvalue weighted by Crippen LogP contribution is -2.32. The van der Waals surface area contributed by atoms with Crippen molar-refractivity contribution in [1.82, 2.24) is 9.62 Å². The Hall–Kier alpha value is -3.16. The van der Waals surface area contributed by atoms with E-state index < -0.39 is 10.0 Å². The van der Waals surface area contributed by atoms with Crippen LogP contribution in [0.4, 0.5) is 0 Å². The summed E-state index contributed by atoms with van der Waals surface area (Å²) in [6, 6.07) is 20.2. The Morgan fingerprint density at radius 3 is 2.41 bits per heavy atom. The number of amides is 1. The maximum absolute atomic E-state index is 13.3. The molecule has 0 aliphatic carbocycles. The van der Waals surface area contributed by atoms with E-state index in [1.807, 2.05) is 43.3 Å². The summed E-state index contributed by atoms with van der Waals surface area (Å²) < 4.78 is 33.8. The molecule has 1 aliphatic rings. The van der Waals surface area contributed by atoms with Crippen LogP contribution in [-0.4, -0.2) is 31.8 Å². The number of nitrogens with one attached hydrogen (secondary N) is 1. The first kappa shape index (κ1) is 24.0. The molecule has 0 saturated carbocycles. The SMILES string of the molecule is CCCc1ccc(S(=O)(=O)N2CCOc3ccc(C(=O)NCc4ccc(C)cc4)cc3C2)cc1. The fourth-order valence-electron chi connectivity index (χ4n) is 3.97. The first-order valence-electron chi connectivity index (χ1n) is 11.6. The number of ether oxygens (including phenoxy) is 1. The van der Waals surface area contributed by atoms with Gasteiger partial charge in [-0.15, -0.1) is 0 Å². The first-order valence-corrected chi connectivity index (χ1v) is 13.0. The first-order chi connectivity index (χ1) is 16.4. The molecule has 6 nitrogen and oxygen atoms in total. The number of hydrogen-bond acceptors (Lipinski definition) is 4. The van der Waals surface area contributed by atoms with Crippen LogP contribution in [0.1, 0.15) is 46.0 Å². The third-order valence-electron chi connectivity index (χ3n) is 5.94. The molecule has 1 aliphatic heterocycles.